The molecule has 1 unspecified atom stereocenters. The number of hydrogen-bond donors (Lipinski definition) is 1. The van der Waals surface area contributed by atoms with E-state index in [1.54, 1.807) is 43.7 Å². The summed E-state index contributed by atoms with van der Waals surface area (Å²) in [5.74, 6) is -0.798. The zero-order valence-electron chi connectivity index (χ0n) is 11.2. The van der Waals surface area contributed by atoms with Crippen molar-refractivity contribution in [1.29, 1.82) is 0 Å². The number of benzene rings is 1. The first kappa shape index (κ1) is 13.8. The first-order valence-corrected chi connectivity index (χ1v) is 6.09. The van der Waals surface area contributed by atoms with Crippen LogP contribution in [0.25, 0.3) is 5.69 Å². The van der Waals surface area contributed by atoms with Crippen LogP contribution in [0.5, 0.6) is 0 Å². The smallest absolute Gasteiger partial charge is 0.328 e. The van der Waals surface area contributed by atoms with E-state index in [4.69, 9.17) is 0 Å². The normalized spacial score (nSPS) is 11.7. The van der Waals surface area contributed by atoms with Gasteiger partial charge in [0.2, 0.25) is 0 Å². The van der Waals surface area contributed by atoms with Crippen LogP contribution in [0.1, 0.15) is 17.3 Å². The number of esters is 1. The Morgan fingerprint density at radius 3 is 2.55 bits per heavy atom. The van der Waals surface area contributed by atoms with E-state index in [0.29, 0.717) is 5.56 Å². The predicted octanol–water partition coefficient (Wildman–Crippen LogP) is 1.16. The van der Waals surface area contributed by atoms with Crippen LogP contribution in [0.15, 0.2) is 43.0 Å². The monoisotopic (exact) mass is 273 g/mol. The maximum atomic E-state index is 11.9. The number of imidazole rings is 1. The van der Waals surface area contributed by atoms with Gasteiger partial charge in [-0.05, 0) is 31.2 Å². The summed E-state index contributed by atoms with van der Waals surface area (Å²) in [5, 5.41) is 2.57. The second-order valence-corrected chi connectivity index (χ2v) is 4.24. The molecule has 1 aromatic carbocycles. The molecule has 0 spiro atoms. The molecule has 1 amide bonds. The Morgan fingerprint density at radius 2 is 2.00 bits per heavy atom. The van der Waals surface area contributed by atoms with Gasteiger partial charge < -0.3 is 14.6 Å². The summed E-state index contributed by atoms with van der Waals surface area (Å²) in [5.41, 5.74) is 1.38. The Morgan fingerprint density at radius 1 is 1.30 bits per heavy atom. The summed E-state index contributed by atoms with van der Waals surface area (Å²) < 4.78 is 6.38. The van der Waals surface area contributed by atoms with Gasteiger partial charge >= 0.3 is 5.97 Å². The molecule has 1 heterocycles. The molecular weight excluding hydrogens is 258 g/mol. The fourth-order valence-electron chi connectivity index (χ4n) is 1.71. The molecule has 0 radical (unpaired) electrons. The van der Waals surface area contributed by atoms with Crippen molar-refractivity contribution >= 4 is 11.9 Å². The molecule has 1 N–H and O–H groups in total. The molecule has 1 atom stereocenters. The lowest BCUT2D eigenvalue weighted by molar-refractivity contribution is -0.142. The number of aromatic nitrogens is 2. The van der Waals surface area contributed by atoms with Crippen LogP contribution in [0, 0.1) is 0 Å². The number of amides is 1. The number of hydrogen-bond acceptors (Lipinski definition) is 4. The highest BCUT2D eigenvalue weighted by Crippen LogP contribution is 2.09. The molecule has 0 aliphatic heterocycles. The Bertz CT molecular complexity index is 591. The summed E-state index contributed by atoms with van der Waals surface area (Å²) >= 11 is 0. The summed E-state index contributed by atoms with van der Waals surface area (Å²) in [6, 6.07) is 6.31. The summed E-state index contributed by atoms with van der Waals surface area (Å²) in [6.07, 6.45) is 5.17. The van der Waals surface area contributed by atoms with E-state index in [1.165, 1.54) is 7.11 Å². The van der Waals surface area contributed by atoms with Gasteiger partial charge in [-0.2, -0.15) is 0 Å². The van der Waals surface area contributed by atoms with Gasteiger partial charge in [0, 0.05) is 23.6 Å². The minimum Gasteiger partial charge on any atom is -0.467 e. The first-order valence-electron chi connectivity index (χ1n) is 6.09. The van der Waals surface area contributed by atoms with E-state index in [1.807, 2.05) is 10.8 Å². The maximum Gasteiger partial charge on any atom is 0.328 e. The lowest BCUT2D eigenvalue weighted by Gasteiger charge is -2.11. The van der Waals surface area contributed by atoms with E-state index in [2.05, 4.69) is 15.0 Å². The third kappa shape index (κ3) is 3.03. The van der Waals surface area contributed by atoms with Crippen molar-refractivity contribution in [3.8, 4) is 5.69 Å². The van der Waals surface area contributed by atoms with Gasteiger partial charge in [0.1, 0.15) is 6.04 Å². The Hall–Kier alpha value is -2.63. The Balaban J connectivity index is 2.06. The minimum atomic E-state index is -0.680. The molecule has 2 rings (SSSR count). The number of carbonyl (C=O) groups excluding carboxylic acids is 2. The van der Waals surface area contributed by atoms with Crippen molar-refractivity contribution in [2.24, 2.45) is 0 Å². The molecular formula is C14H15N3O3. The molecule has 1 aromatic heterocycles. The van der Waals surface area contributed by atoms with E-state index in [0.717, 1.165) is 5.69 Å². The Labute approximate surface area is 116 Å². The van der Waals surface area contributed by atoms with Crippen LogP contribution in [0.4, 0.5) is 0 Å². The van der Waals surface area contributed by atoms with Gasteiger partial charge in [-0.25, -0.2) is 9.78 Å². The van der Waals surface area contributed by atoms with Gasteiger partial charge in [0.15, 0.2) is 0 Å². The molecule has 0 aliphatic carbocycles. The molecule has 0 saturated carbocycles. The topological polar surface area (TPSA) is 73.2 Å². The van der Waals surface area contributed by atoms with Gasteiger partial charge in [0.05, 0.1) is 13.4 Å². The van der Waals surface area contributed by atoms with Crippen molar-refractivity contribution in [3.05, 3.63) is 48.5 Å². The van der Waals surface area contributed by atoms with Crippen molar-refractivity contribution in [3.63, 3.8) is 0 Å². The molecule has 20 heavy (non-hydrogen) atoms. The SMILES string of the molecule is COC(=O)C(C)NC(=O)c1ccc(-n2ccnc2)cc1. The number of nitrogens with one attached hydrogen (secondary N) is 1. The largest absolute Gasteiger partial charge is 0.467 e. The van der Waals surface area contributed by atoms with E-state index < -0.39 is 12.0 Å². The number of carbonyl (C=O) groups is 2. The number of nitrogens with zero attached hydrogens (tertiary/aromatic N) is 2. The van der Waals surface area contributed by atoms with E-state index >= 15 is 0 Å². The highest BCUT2D eigenvalue weighted by Gasteiger charge is 2.16. The van der Waals surface area contributed by atoms with E-state index in [-0.39, 0.29) is 5.91 Å². The van der Waals surface area contributed by atoms with Crippen molar-refractivity contribution < 1.29 is 14.3 Å². The summed E-state index contributed by atoms with van der Waals surface area (Å²) in [7, 11) is 1.28. The van der Waals surface area contributed by atoms with Crippen molar-refractivity contribution in [1.82, 2.24) is 14.9 Å². The van der Waals surface area contributed by atoms with Gasteiger partial charge in [-0.1, -0.05) is 0 Å². The maximum absolute atomic E-state index is 11.9. The summed E-state index contributed by atoms with van der Waals surface area (Å²) in [4.78, 5) is 27.1. The highest BCUT2D eigenvalue weighted by molar-refractivity contribution is 5.96. The third-order valence-electron chi connectivity index (χ3n) is 2.83. The second kappa shape index (κ2) is 6.01. The first-order chi connectivity index (χ1) is 9.61. The number of ether oxygens (including phenoxy) is 1. The fraction of sp³-hybridized carbons (Fsp3) is 0.214. The molecule has 104 valence electrons. The predicted molar refractivity (Wildman–Crippen MR) is 72.5 cm³/mol. The molecule has 0 aliphatic rings. The summed E-state index contributed by atoms with van der Waals surface area (Å²) in [6.45, 7) is 1.57. The average Bonchev–Trinajstić information content (AvgIpc) is 3.00. The van der Waals surface area contributed by atoms with Gasteiger partial charge in [0.25, 0.3) is 5.91 Å². The van der Waals surface area contributed by atoms with Crippen LogP contribution < -0.4 is 5.32 Å². The van der Waals surface area contributed by atoms with Crippen molar-refractivity contribution in [2.75, 3.05) is 7.11 Å². The quantitative estimate of drug-likeness (QED) is 0.848. The van der Waals surface area contributed by atoms with Crippen LogP contribution in [-0.4, -0.2) is 34.6 Å². The highest BCUT2D eigenvalue weighted by atomic mass is 16.5. The molecule has 6 heteroatoms. The molecule has 2 aromatic rings. The van der Waals surface area contributed by atoms with Crippen LogP contribution in [0.3, 0.4) is 0 Å². The van der Waals surface area contributed by atoms with Crippen molar-refractivity contribution in [2.45, 2.75) is 13.0 Å². The third-order valence-corrected chi connectivity index (χ3v) is 2.83. The zero-order valence-corrected chi connectivity index (χ0v) is 11.2. The lowest BCUT2D eigenvalue weighted by Crippen LogP contribution is -2.39. The van der Waals surface area contributed by atoms with Gasteiger partial charge in [-0.15, -0.1) is 0 Å². The molecule has 0 fully saturated rings. The standard InChI is InChI=1S/C14H15N3O3/c1-10(14(19)20-2)16-13(18)11-3-5-12(6-4-11)17-8-7-15-9-17/h3-10H,1-2H3,(H,16,18). The van der Waals surface area contributed by atoms with E-state index in [9.17, 15) is 9.59 Å². The number of methoxy groups -OCH3 is 1. The Kier molecular flexibility index (Phi) is 4.14. The average molecular weight is 273 g/mol. The molecule has 6 nitrogen and oxygen atoms in total. The van der Waals surface area contributed by atoms with Gasteiger partial charge in [-0.3, -0.25) is 4.79 Å². The van der Waals surface area contributed by atoms with Crippen LogP contribution >= 0.6 is 0 Å². The zero-order chi connectivity index (χ0) is 14.5. The van der Waals surface area contributed by atoms with Crippen LogP contribution in [0.2, 0.25) is 0 Å². The fourth-order valence-corrected chi connectivity index (χ4v) is 1.71. The number of rotatable bonds is 4. The lowest BCUT2D eigenvalue weighted by atomic mass is 10.2. The van der Waals surface area contributed by atoms with Crippen LogP contribution in [-0.2, 0) is 9.53 Å². The molecule has 0 bridgehead atoms. The minimum absolute atomic E-state index is 0.319. The molecule has 0 saturated heterocycles. The second-order valence-electron chi connectivity index (χ2n) is 4.24.